The second kappa shape index (κ2) is 13.0. The highest BCUT2D eigenvalue weighted by molar-refractivity contribution is 9.10. The topological polar surface area (TPSA) is 192 Å². The van der Waals surface area contributed by atoms with E-state index in [1.54, 1.807) is 19.1 Å². The van der Waals surface area contributed by atoms with E-state index in [1.165, 1.54) is 25.5 Å². The van der Waals surface area contributed by atoms with Gasteiger partial charge in [0, 0.05) is 23.2 Å². The number of halogens is 1. The second-order valence-electron chi connectivity index (χ2n) is 7.64. The molecule has 0 aliphatic carbocycles. The van der Waals surface area contributed by atoms with E-state index < -0.39 is 33.7 Å². The fourth-order valence-electron chi connectivity index (χ4n) is 3.19. The van der Waals surface area contributed by atoms with Crippen LogP contribution in [0.15, 0.2) is 52.0 Å². The van der Waals surface area contributed by atoms with E-state index in [0.29, 0.717) is 21.3 Å². The Bertz CT molecular complexity index is 1500. The number of nitro benzene ring substituents is 2. The lowest BCUT2D eigenvalue weighted by Gasteiger charge is -2.13. The summed E-state index contributed by atoms with van der Waals surface area (Å²) in [7, 11) is 1.48. The summed E-state index contributed by atoms with van der Waals surface area (Å²) in [5, 5.41) is 35.6. The van der Waals surface area contributed by atoms with Gasteiger partial charge < -0.3 is 14.2 Å². The maximum atomic E-state index is 12.2. The molecule has 0 atom stereocenters. The van der Waals surface area contributed by atoms with Crippen LogP contribution in [-0.4, -0.2) is 40.7 Å². The van der Waals surface area contributed by atoms with Crippen LogP contribution >= 0.6 is 15.9 Å². The first kappa shape index (κ1) is 28.6. The highest BCUT2D eigenvalue weighted by Gasteiger charge is 2.21. The fourth-order valence-corrected chi connectivity index (χ4v) is 3.59. The Balaban J connectivity index is 1.65. The number of carbonyl (C=O) groups excluding carboxylic acids is 1. The monoisotopic (exact) mass is 598 g/mol. The summed E-state index contributed by atoms with van der Waals surface area (Å²) in [6.45, 7) is 1.37. The first-order chi connectivity index (χ1) is 18.6. The number of amides is 1. The molecule has 14 nitrogen and oxygen atoms in total. The minimum atomic E-state index is -0.783. The quantitative estimate of drug-likeness (QED) is 0.189. The molecule has 0 aliphatic rings. The zero-order valence-corrected chi connectivity index (χ0v) is 22.0. The van der Waals surface area contributed by atoms with Gasteiger partial charge in [0.15, 0.2) is 6.61 Å². The standard InChI is InChI=1S/C24H19BrN6O8/c1-14-23(25)19(12-37-2)18(10-26)24(28-14)38-13-22(32)29-27-11-15-4-3-5-17(8-15)39-21-7-6-16(30(33)34)9-20(21)31(35)36/h3-9,11H,12-13H2,1-2H3,(H,29,32)/b27-11+. The van der Waals surface area contributed by atoms with Gasteiger partial charge in [0.05, 0.1) is 34.4 Å². The average Bonchev–Trinajstić information content (AvgIpc) is 2.90. The number of aromatic nitrogens is 1. The van der Waals surface area contributed by atoms with Crippen LogP contribution in [-0.2, 0) is 16.1 Å². The number of hydrogen-bond acceptors (Lipinski definition) is 11. The van der Waals surface area contributed by atoms with Crippen LogP contribution in [0.3, 0.4) is 0 Å². The molecule has 39 heavy (non-hydrogen) atoms. The highest BCUT2D eigenvalue weighted by Crippen LogP contribution is 2.34. The third-order valence-corrected chi connectivity index (χ3v) is 6.00. The minimum Gasteiger partial charge on any atom is -0.467 e. The van der Waals surface area contributed by atoms with Gasteiger partial charge in [-0.25, -0.2) is 10.4 Å². The van der Waals surface area contributed by atoms with Crippen molar-refractivity contribution in [3.05, 3.63) is 89.6 Å². The Morgan fingerprint density at radius 1 is 1.23 bits per heavy atom. The van der Waals surface area contributed by atoms with Gasteiger partial charge in [-0.05, 0) is 46.6 Å². The van der Waals surface area contributed by atoms with Gasteiger partial charge in [0.2, 0.25) is 11.6 Å². The summed E-state index contributed by atoms with van der Waals surface area (Å²) >= 11 is 3.37. The lowest BCUT2D eigenvalue weighted by Crippen LogP contribution is -2.25. The SMILES string of the molecule is COCc1c(Br)c(C)nc(OCC(=O)N/N=C/c2cccc(Oc3ccc([N+](=O)[O-])cc3[N+](=O)[O-])c2)c1C#N. The number of nitrogens with zero attached hydrogens (tertiary/aromatic N) is 5. The number of benzene rings is 2. The summed E-state index contributed by atoms with van der Waals surface area (Å²) in [4.78, 5) is 37.1. The summed E-state index contributed by atoms with van der Waals surface area (Å²) in [6.07, 6.45) is 1.30. The normalized spacial score (nSPS) is 10.6. The van der Waals surface area contributed by atoms with E-state index in [1.807, 2.05) is 6.07 Å². The Hall–Kier alpha value is -4.94. The van der Waals surface area contributed by atoms with Crippen LogP contribution in [0.2, 0.25) is 0 Å². The van der Waals surface area contributed by atoms with Crippen molar-refractivity contribution in [3.8, 4) is 23.4 Å². The largest absolute Gasteiger partial charge is 0.467 e. The van der Waals surface area contributed by atoms with Crippen molar-refractivity contribution in [2.75, 3.05) is 13.7 Å². The van der Waals surface area contributed by atoms with Crippen LogP contribution in [0, 0.1) is 38.5 Å². The number of nitrogens with one attached hydrogen (secondary N) is 1. The van der Waals surface area contributed by atoms with Crippen molar-refractivity contribution in [3.63, 3.8) is 0 Å². The maximum Gasteiger partial charge on any atom is 0.318 e. The molecule has 0 fully saturated rings. The van der Waals surface area contributed by atoms with Gasteiger partial charge in [0.25, 0.3) is 11.6 Å². The molecule has 1 aromatic heterocycles. The lowest BCUT2D eigenvalue weighted by molar-refractivity contribution is -0.394. The molecule has 0 spiro atoms. The van der Waals surface area contributed by atoms with E-state index in [9.17, 15) is 30.3 Å². The molecule has 0 unspecified atom stereocenters. The molecular weight excluding hydrogens is 580 g/mol. The molecule has 200 valence electrons. The molecule has 0 radical (unpaired) electrons. The van der Waals surface area contributed by atoms with E-state index in [2.05, 4.69) is 31.4 Å². The van der Waals surface area contributed by atoms with Crippen molar-refractivity contribution >= 4 is 39.4 Å². The van der Waals surface area contributed by atoms with Gasteiger partial charge in [-0.15, -0.1) is 0 Å². The molecule has 0 saturated carbocycles. The number of pyridine rings is 1. The summed E-state index contributed by atoms with van der Waals surface area (Å²) in [5.74, 6) is -0.639. The average molecular weight is 599 g/mol. The predicted molar refractivity (Wildman–Crippen MR) is 140 cm³/mol. The molecule has 1 amide bonds. The molecule has 0 saturated heterocycles. The van der Waals surface area contributed by atoms with Crippen LogP contribution in [0.25, 0.3) is 0 Å². The van der Waals surface area contributed by atoms with Crippen LogP contribution in [0.4, 0.5) is 11.4 Å². The highest BCUT2D eigenvalue weighted by atomic mass is 79.9. The van der Waals surface area contributed by atoms with E-state index in [0.717, 1.165) is 18.2 Å². The first-order valence-corrected chi connectivity index (χ1v) is 11.7. The Morgan fingerprint density at radius 3 is 2.67 bits per heavy atom. The number of nitro groups is 2. The number of non-ortho nitro benzene ring substituents is 1. The zero-order chi connectivity index (χ0) is 28.5. The second-order valence-corrected chi connectivity index (χ2v) is 8.43. The molecule has 0 aliphatic heterocycles. The van der Waals surface area contributed by atoms with Gasteiger partial charge >= 0.3 is 5.69 Å². The molecule has 1 N–H and O–H groups in total. The van der Waals surface area contributed by atoms with Crippen molar-refractivity contribution in [2.45, 2.75) is 13.5 Å². The Labute approximate surface area is 229 Å². The number of aryl methyl sites for hydroxylation is 1. The Morgan fingerprint density at radius 2 is 2.00 bits per heavy atom. The van der Waals surface area contributed by atoms with E-state index in [4.69, 9.17) is 14.2 Å². The third-order valence-electron chi connectivity index (χ3n) is 4.95. The molecule has 3 aromatic rings. The van der Waals surface area contributed by atoms with Crippen molar-refractivity contribution < 1.29 is 28.9 Å². The van der Waals surface area contributed by atoms with Gasteiger partial charge in [-0.1, -0.05) is 12.1 Å². The van der Waals surface area contributed by atoms with Crippen LogP contribution in [0.1, 0.15) is 22.4 Å². The van der Waals surface area contributed by atoms with Gasteiger partial charge in [-0.2, -0.15) is 10.4 Å². The smallest absolute Gasteiger partial charge is 0.318 e. The van der Waals surface area contributed by atoms with Crippen molar-refractivity contribution in [2.24, 2.45) is 5.10 Å². The molecular formula is C24H19BrN6O8. The van der Waals surface area contributed by atoms with Crippen LogP contribution in [0.5, 0.6) is 17.4 Å². The van der Waals surface area contributed by atoms with Crippen molar-refractivity contribution in [1.82, 2.24) is 10.4 Å². The lowest BCUT2D eigenvalue weighted by atomic mass is 10.1. The number of methoxy groups -OCH3 is 1. The number of hydrogen-bond donors (Lipinski definition) is 1. The van der Waals surface area contributed by atoms with E-state index in [-0.39, 0.29) is 29.5 Å². The number of rotatable bonds is 11. The Kier molecular flexibility index (Phi) is 9.57. The first-order valence-electron chi connectivity index (χ1n) is 10.9. The number of hydrazone groups is 1. The number of carbonyl (C=O) groups is 1. The molecule has 1 heterocycles. The van der Waals surface area contributed by atoms with Crippen LogP contribution < -0.4 is 14.9 Å². The number of nitriles is 1. The summed E-state index contributed by atoms with van der Waals surface area (Å²) in [6, 6.07) is 11.3. The molecule has 3 rings (SSSR count). The summed E-state index contributed by atoms with van der Waals surface area (Å²) in [5.41, 5.74) is 2.97. The number of ether oxygens (including phenoxy) is 3. The molecule has 2 aromatic carbocycles. The van der Waals surface area contributed by atoms with Gasteiger partial charge in [-0.3, -0.25) is 25.0 Å². The van der Waals surface area contributed by atoms with E-state index >= 15 is 0 Å². The van der Waals surface area contributed by atoms with Gasteiger partial charge in [0.1, 0.15) is 17.4 Å². The zero-order valence-electron chi connectivity index (χ0n) is 20.4. The predicted octanol–water partition coefficient (Wildman–Crippen LogP) is 4.31. The third kappa shape index (κ3) is 7.31. The summed E-state index contributed by atoms with van der Waals surface area (Å²) < 4.78 is 16.7. The molecule has 15 heteroatoms. The maximum absolute atomic E-state index is 12.2. The van der Waals surface area contributed by atoms with Crippen molar-refractivity contribution in [1.29, 1.82) is 5.26 Å². The fraction of sp³-hybridized carbons (Fsp3) is 0.167. The minimum absolute atomic E-state index is 0.0189. The molecule has 0 bridgehead atoms.